The SMILES string of the molecule is COC(=O)C[C@@](C)(O)CC(=O)N[C@@H](C)C(=O)OC. The molecule has 0 radical (unpaired) electrons. The minimum Gasteiger partial charge on any atom is -0.469 e. The lowest BCUT2D eigenvalue weighted by Crippen LogP contribution is -2.43. The molecule has 7 heteroatoms. The zero-order valence-corrected chi connectivity index (χ0v) is 11.0. The lowest BCUT2D eigenvalue weighted by Gasteiger charge is -2.22. The lowest BCUT2D eigenvalue weighted by molar-refractivity contribution is -0.148. The van der Waals surface area contributed by atoms with Crippen LogP contribution in [0.25, 0.3) is 0 Å². The van der Waals surface area contributed by atoms with Gasteiger partial charge in [0.2, 0.25) is 5.91 Å². The molecule has 0 fully saturated rings. The van der Waals surface area contributed by atoms with Gasteiger partial charge in [-0.2, -0.15) is 0 Å². The molecule has 0 bridgehead atoms. The molecule has 0 aliphatic heterocycles. The van der Waals surface area contributed by atoms with Crippen molar-refractivity contribution in [1.29, 1.82) is 0 Å². The maximum absolute atomic E-state index is 11.5. The van der Waals surface area contributed by atoms with Crippen LogP contribution in [-0.4, -0.2) is 48.8 Å². The summed E-state index contributed by atoms with van der Waals surface area (Å²) in [6.45, 7) is 2.80. The molecule has 0 unspecified atom stereocenters. The highest BCUT2D eigenvalue weighted by molar-refractivity contribution is 5.85. The fraction of sp³-hybridized carbons (Fsp3) is 0.727. The summed E-state index contributed by atoms with van der Waals surface area (Å²) in [7, 11) is 2.40. The molecule has 0 saturated heterocycles. The average Bonchev–Trinajstić information content (AvgIpc) is 2.25. The van der Waals surface area contributed by atoms with Crippen molar-refractivity contribution in [2.45, 2.75) is 38.3 Å². The van der Waals surface area contributed by atoms with Gasteiger partial charge in [0.25, 0.3) is 0 Å². The maximum Gasteiger partial charge on any atom is 0.328 e. The Kier molecular flexibility index (Phi) is 6.32. The van der Waals surface area contributed by atoms with Crippen molar-refractivity contribution in [3.63, 3.8) is 0 Å². The van der Waals surface area contributed by atoms with E-state index in [1.54, 1.807) is 0 Å². The van der Waals surface area contributed by atoms with Crippen LogP contribution in [0, 0.1) is 0 Å². The van der Waals surface area contributed by atoms with Gasteiger partial charge in [0.05, 0.1) is 32.7 Å². The van der Waals surface area contributed by atoms with Crippen LogP contribution >= 0.6 is 0 Å². The van der Waals surface area contributed by atoms with E-state index in [1.165, 1.54) is 28.1 Å². The largest absolute Gasteiger partial charge is 0.469 e. The van der Waals surface area contributed by atoms with Gasteiger partial charge in [-0.25, -0.2) is 4.79 Å². The minimum absolute atomic E-state index is 0.302. The first-order valence-electron chi connectivity index (χ1n) is 5.38. The predicted octanol–water partition coefficient (Wildman–Crippen LogP) is -0.632. The number of amides is 1. The first-order chi connectivity index (χ1) is 8.21. The van der Waals surface area contributed by atoms with Crippen LogP contribution in [-0.2, 0) is 23.9 Å². The molecule has 18 heavy (non-hydrogen) atoms. The van der Waals surface area contributed by atoms with E-state index < -0.39 is 29.5 Å². The van der Waals surface area contributed by atoms with E-state index in [4.69, 9.17) is 0 Å². The molecule has 0 heterocycles. The third-order valence-corrected chi connectivity index (χ3v) is 2.23. The summed E-state index contributed by atoms with van der Waals surface area (Å²) in [4.78, 5) is 33.6. The monoisotopic (exact) mass is 261 g/mol. The zero-order valence-electron chi connectivity index (χ0n) is 11.0. The van der Waals surface area contributed by atoms with Crippen molar-refractivity contribution in [2.75, 3.05) is 14.2 Å². The average molecular weight is 261 g/mol. The molecule has 7 nitrogen and oxygen atoms in total. The second-order valence-electron chi connectivity index (χ2n) is 4.24. The van der Waals surface area contributed by atoms with E-state index in [-0.39, 0.29) is 12.8 Å². The summed E-state index contributed by atoms with van der Waals surface area (Å²) in [6, 6.07) is -0.809. The minimum atomic E-state index is -1.52. The number of nitrogens with one attached hydrogen (secondary N) is 1. The van der Waals surface area contributed by atoms with Gasteiger partial charge in [-0.15, -0.1) is 0 Å². The predicted molar refractivity (Wildman–Crippen MR) is 61.5 cm³/mol. The molecule has 0 aromatic carbocycles. The number of carbonyl (C=O) groups is 3. The van der Waals surface area contributed by atoms with Gasteiger partial charge in [-0.05, 0) is 13.8 Å². The van der Waals surface area contributed by atoms with Gasteiger partial charge in [-0.1, -0.05) is 0 Å². The number of ether oxygens (including phenoxy) is 2. The molecule has 0 aromatic heterocycles. The number of hydrogen-bond acceptors (Lipinski definition) is 6. The Morgan fingerprint density at radius 3 is 2.22 bits per heavy atom. The van der Waals surface area contributed by atoms with Crippen LogP contribution in [0.5, 0.6) is 0 Å². The Balaban J connectivity index is 4.30. The number of aliphatic hydroxyl groups is 1. The highest BCUT2D eigenvalue weighted by Gasteiger charge is 2.29. The number of rotatable bonds is 6. The summed E-state index contributed by atoms with van der Waals surface area (Å²) < 4.78 is 8.83. The van der Waals surface area contributed by atoms with E-state index in [0.29, 0.717) is 0 Å². The molecule has 0 aliphatic carbocycles. The van der Waals surface area contributed by atoms with Crippen molar-refractivity contribution in [3.05, 3.63) is 0 Å². The maximum atomic E-state index is 11.5. The second-order valence-corrected chi connectivity index (χ2v) is 4.24. The highest BCUT2D eigenvalue weighted by atomic mass is 16.5. The summed E-state index contributed by atoms with van der Waals surface area (Å²) in [5, 5.41) is 12.2. The quantitative estimate of drug-likeness (QED) is 0.617. The van der Waals surface area contributed by atoms with E-state index in [1.807, 2.05) is 0 Å². The molecule has 2 N–H and O–H groups in total. The molecule has 104 valence electrons. The Hall–Kier alpha value is -1.63. The third-order valence-electron chi connectivity index (χ3n) is 2.23. The Labute approximate surface area is 105 Å². The van der Waals surface area contributed by atoms with Crippen molar-refractivity contribution in [1.82, 2.24) is 5.32 Å². The molecule has 1 amide bonds. The number of methoxy groups -OCH3 is 2. The van der Waals surface area contributed by atoms with E-state index >= 15 is 0 Å². The van der Waals surface area contributed by atoms with Crippen molar-refractivity contribution in [3.8, 4) is 0 Å². The zero-order chi connectivity index (χ0) is 14.3. The lowest BCUT2D eigenvalue weighted by atomic mass is 9.97. The Bertz CT molecular complexity index is 325. The first-order valence-corrected chi connectivity index (χ1v) is 5.38. The molecule has 0 spiro atoms. The molecule has 0 aliphatic rings. The summed E-state index contributed by atoms with van der Waals surface area (Å²) in [6.07, 6.45) is -0.618. The topological polar surface area (TPSA) is 102 Å². The van der Waals surface area contributed by atoms with Crippen LogP contribution in [0.2, 0.25) is 0 Å². The summed E-state index contributed by atoms with van der Waals surface area (Å²) in [5.41, 5.74) is -1.52. The number of carbonyl (C=O) groups excluding carboxylic acids is 3. The first kappa shape index (κ1) is 16.4. The van der Waals surface area contributed by atoms with Crippen LogP contribution in [0.15, 0.2) is 0 Å². The number of hydrogen-bond donors (Lipinski definition) is 2. The molecule has 0 saturated carbocycles. The molecular formula is C11H19NO6. The second kappa shape index (κ2) is 6.95. The molecule has 2 atom stereocenters. The highest BCUT2D eigenvalue weighted by Crippen LogP contribution is 2.15. The smallest absolute Gasteiger partial charge is 0.328 e. The standard InChI is InChI=1S/C11H19NO6/c1-7(10(15)18-4)12-8(13)5-11(2,16)6-9(14)17-3/h7,16H,5-6H2,1-4H3,(H,12,13)/t7-,11-/m0/s1. The molecule has 0 aromatic rings. The van der Waals surface area contributed by atoms with Crippen molar-refractivity contribution >= 4 is 17.8 Å². The van der Waals surface area contributed by atoms with E-state index in [0.717, 1.165) is 0 Å². The summed E-state index contributed by atoms with van der Waals surface area (Å²) in [5.74, 6) is -1.76. The van der Waals surface area contributed by atoms with Gasteiger partial charge in [0.1, 0.15) is 6.04 Å². The number of esters is 2. The van der Waals surface area contributed by atoms with Gasteiger partial charge in [0.15, 0.2) is 0 Å². The van der Waals surface area contributed by atoms with E-state index in [9.17, 15) is 19.5 Å². The summed E-state index contributed by atoms with van der Waals surface area (Å²) >= 11 is 0. The van der Waals surface area contributed by atoms with E-state index in [2.05, 4.69) is 14.8 Å². The molecule has 0 rings (SSSR count). The third kappa shape index (κ3) is 6.19. The van der Waals surface area contributed by atoms with Crippen molar-refractivity contribution < 1.29 is 29.0 Å². The van der Waals surface area contributed by atoms with Crippen LogP contribution in [0.3, 0.4) is 0 Å². The van der Waals surface area contributed by atoms with Gasteiger partial charge in [-0.3, -0.25) is 9.59 Å². The normalized spacial score (nSPS) is 15.2. The van der Waals surface area contributed by atoms with Gasteiger partial charge < -0.3 is 19.9 Å². The fourth-order valence-corrected chi connectivity index (χ4v) is 1.32. The van der Waals surface area contributed by atoms with Crippen LogP contribution in [0.4, 0.5) is 0 Å². The van der Waals surface area contributed by atoms with Crippen LogP contribution in [0.1, 0.15) is 26.7 Å². The molecular weight excluding hydrogens is 242 g/mol. The van der Waals surface area contributed by atoms with Crippen LogP contribution < -0.4 is 5.32 Å². The van der Waals surface area contributed by atoms with Gasteiger partial charge in [0, 0.05) is 0 Å². The van der Waals surface area contributed by atoms with Crippen molar-refractivity contribution in [2.24, 2.45) is 0 Å². The Morgan fingerprint density at radius 2 is 1.78 bits per heavy atom. The fourth-order valence-electron chi connectivity index (χ4n) is 1.32. The van der Waals surface area contributed by atoms with Gasteiger partial charge >= 0.3 is 11.9 Å². The Morgan fingerprint density at radius 1 is 1.22 bits per heavy atom.